The topological polar surface area (TPSA) is 30.7 Å². The predicted octanol–water partition coefficient (Wildman–Crippen LogP) is 4.73. The van der Waals surface area contributed by atoms with Crippen LogP contribution in [-0.4, -0.2) is 20.4 Å². The maximum absolute atomic E-state index is 6.02. The lowest BCUT2D eigenvalue weighted by molar-refractivity contribution is 0.535. The normalized spacial score (nSPS) is 12.9. The summed E-state index contributed by atoms with van der Waals surface area (Å²) in [5.41, 5.74) is 3.04. The van der Waals surface area contributed by atoms with Gasteiger partial charge in [0.15, 0.2) is 5.65 Å². The number of imidazole rings is 1. The Hall–Kier alpha value is -1.10. The standard InChI is InChI=1S/C15H15Cl2N3S/c1-10(6-11-3-5-21-9-11)20-14(2-4-16)19-13-7-12(17)8-18-15(13)20/h3,5,7-10H,2,4,6H2,1H3. The second-order valence-electron chi connectivity index (χ2n) is 5.02. The smallest absolute Gasteiger partial charge is 0.160 e. The van der Waals surface area contributed by atoms with Gasteiger partial charge in [-0.2, -0.15) is 11.3 Å². The number of thiophene rings is 1. The van der Waals surface area contributed by atoms with Crippen LogP contribution in [-0.2, 0) is 12.8 Å². The van der Waals surface area contributed by atoms with Gasteiger partial charge in [-0.05, 0) is 41.8 Å². The summed E-state index contributed by atoms with van der Waals surface area (Å²) in [4.78, 5) is 9.11. The van der Waals surface area contributed by atoms with Gasteiger partial charge in [0.05, 0.1) is 5.02 Å². The van der Waals surface area contributed by atoms with Gasteiger partial charge in [-0.3, -0.25) is 0 Å². The molecule has 3 heterocycles. The molecule has 0 aliphatic rings. The first-order valence-electron chi connectivity index (χ1n) is 6.78. The fourth-order valence-corrected chi connectivity index (χ4v) is 3.57. The van der Waals surface area contributed by atoms with Crippen LogP contribution in [0, 0.1) is 0 Å². The Kier molecular flexibility index (Phi) is 4.48. The zero-order chi connectivity index (χ0) is 14.8. The van der Waals surface area contributed by atoms with E-state index >= 15 is 0 Å². The monoisotopic (exact) mass is 339 g/mol. The van der Waals surface area contributed by atoms with E-state index in [9.17, 15) is 0 Å². The van der Waals surface area contributed by atoms with Gasteiger partial charge in [0, 0.05) is 24.5 Å². The maximum Gasteiger partial charge on any atom is 0.160 e. The number of pyridine rings is 1. The fourth-order valence-electron chi connectivity index (χ4n) is 2.57. The number of aromatic nitrogens is 3. The fraction of sp³-hybridized carbons (Fsp3) is 0.333. The molecule has 0 aliphatic carbocycles. The highest BCUT2D eigenvalue weighted by Gasteiger charge is 2.17. The summed E-state index contributed by atoms with van der Waals surface area (Å²) >= 11 is 13.7. The second kappa shape index (κ2) is 6.34. The van der Waals surface area contributed by atoms with Crippen LogP contribution in [0.25, 0.3) is 11.2 Å². The first kappa shape index (κ1) is 14.8. The molecule has 3 nitrogen and oxygen atoms in total. The molecule has 0 N–H and O–H groups in total. The van der Waals surface area contributed by atoms with Gasteiger partial charge in [0.25, 0.3) is 0 Å². The number of halogens is 2. The Bertz CT molecular complexity index is 737. The Morgan fingerprint density at radius 3 is 3.00 bits per heavy atom. The molecule has 0 saturated heterocycles. The number of fused-ring (bicyclic) bond motifs is 1. The van der Waals surface area contributed by atoms with Crippen molar-refractivity contribution in [3.05, 3.63) is 45.5 Å². The molecule has 3 aromatic heterocycles. The second-order valence-corrected chi connectivity index (χ2v) is 6.61. The Balaban J connectivity index is 2.03. The molecular weight excluding hydrogens is 325 g/mol. The van der Waals surface area contributed by atoms with E-state index < -0.39 is 0 Å². The largest absolute Gasteiger partial charge is 0.309 e. The van der Waals surface area contributed by atoms with Crippen molar-refractivity contribution in [1.29, 1.82) is 0 Å². The molecule has 0 amide bonds. The summed E-state index contributed by atoms with van der Waals surface area (Å²) in [5, 5.41) is 4.89. The molecule has 6 heteroatoms. The number of rotatable bonds is 5. The molecule has 0 saturated carbocycles. The SMILES string of the molecule is CC(Cc1ccsc1)n1c(CCCl)nc2cc(Cl)cnc21. The van der Waals surface area contributed by atoms with Crippen molar-refractivity contribution in [3.8, 4) is 0 Å². The van der Waals surface area contributed by atoms with Crippen molar-refractivity contribution >= 4 is 45.7 Å². The zero-order valence-corrected chi connectivity index (χ0v) is 13.9. The molecular formula is C15H15Cl2N3S. The van der Waals surface area contributed by atoms with Gasteiger partial charge in [0.2, 0.25) is 0 Å². The zero-order valence-electron chi connectivity index (χ0n) is 11.6. The van der Waals surface area contributed by atoms with Gasteiger partial charge in [0.1, 0.15) is 11.3 Å². The number of aryl methyl sites for hydroxylation is 1. The van der Waals surface area contributed by atoms with E-state index in [4.69, 9.17) is 23.2 Å². The molecule has 0 spiro atoms. The van der Waals surface area contributed by atoms with Gasteiger partial charge in [-0.1, -0.05) is 11.6 Å². The van der Waals surface area contributed by atoms with E-state index in [1.165, 1.54) is 5.56 Å². The lowest BCUT2D eigenvalue weighted by Gasteiger charge is -2.16. The quantitative estimate of drug-likeness (QED) is 0.629. The van der Waals surface area contributed by atoms with Crippen molar-refractivity contribution in [1.82, 2.24) is 14.5 Å². The van der Waals surface area contributed by atoms with Crippen LogP contribution in [0.3, 0.4) is 0 Å². The average Bonchev–Trinajstić information content (AvgIpc) is 3.05. The van der Waals surface area contributed by atoms with Crippen molar-refractivity contribution in [3.63, 3.8) is 0 Å². The molecule has 21 heavy (non-hydrogen) atoms. The molecule has 0 bridgehead atoms. The lowest BCUT2D eigenvalue weighted by Crippen LogP contribution is -2.12. The van der Waals surface area contributed by atoms with Crippen LogP contribution in [0.15, 0.2) is 29.1 Å². The first-order chi connectivity index (χ1) is 10.2. The van der Waals surface area contributed by atoms with Crippen LogP contribution in [0.2, 0.25) is 5.02 Å². The highest BCUT2D eigenvalue weighted by Crippen LogP contribution is 2.25. The molecule has 3 aromatic rings. The average molecular weight is 340 g/mol. The lowest BCUT2D eigenvalue weighted by atomic mass is 10.1. The maximum atomic E-state index is 6.02. The van der Waals surface area contributed by atoms with Crippen molar-refractivity contribution in [2.75, 3.05) is 5.88 Å². The summed E-state index contributed by atoms with van der Waals surface area (Å²) in [6.45, 7) is 2.19. The van der Waals surface area contributed by atoms with E-state index in [0.29, 0.717) is 10.9 Å². The third-order valence-electron chi connectivity index (χ3n) is 3.44. The van der Waals surface area contributed by atoms with Gasteiger partial charge in [-0.15, -0.1) is 11.6 Å². The predicted molar refractivity (Wildman–Crippen MR) is 89.7 cm³/mol. The Labute approximate surface area is 137 Å². The molecule has 1 unspecified atom stereocenters. The van der Waals surface area contributed by atoms with E-state index in [0.717, 1.165) is 29.8 Å². The highest BCUT2D eigenvalue weighted by molar-refractivity contribution is 7.07. The Morgan fingerprint density at radius 1 is 1.43 bits per heavy atom. The molecule has 1 atom stereocenters. The van der Waals surface area contributed by atoms with Crippen LogP contribution in [0.4, 0.5) is 0 Å². The number of nitrogens with zero attached hydrogens (tertiary/aromatic N) is 3. The number of alkyl halides is 1. The number of hydrogen-bond acceptors (Lipinski definition) is 3. The van der Waals surface area contributed by atoms with Crippen LogP contribution in [0.1, 0.15) is 24.4 Å². The first-order valence-corrected chi connectivity index (χ1v) is 8.64. The molecule has 0 fully saturated rings. The number of hydrogen-bond donors (Lipinski definition) is 0. The molecule has 0 aromatic carbocycles. The molecule has 0 aliphatic heterocycles. The summed E-state index contributed by atoms with van der Waals surface area (Å²) < 4.78 is 2.19. The van der Waals surface area contributed by atoms with Crippen LogP contribution in [0.5, 0.6) is 0 Å². The van der Waals surface area contributed by atoms with Crippen LogP contribution < -0.4 is 0 Å². The summed E-state index contributed by atoms with van der Waals surface area (Å²) in [5.74, 6) is 1.51. The van der Waals surface area contributed by atoms with E-state index in [-0.39, 0.29) is 6.04 Å². The minimum Gasteiger partial charge on any atom is -0.309 e. The Morgan fingerprint density at radius 2 is 2.29 bits per heavy atom. The van der Waals surface area contributed by atoms with E-state index in [1.807, 2.05) is 6.07 Å². The highest BCUT2D eigenvalue weighted by atomic mass is 35.5. The van der Waals surface area contributed by atoms with Crippen LogP contribution >= 0.6 is 34.5 Å². The van der Waals surface area contributed by atoms with Gasteiger partial charge in [-0.25, -0.2) is 9.97 Å². The molecule has 0 radical (unpaired) electrons. The minimum atomic E-state index is 0.275. The summed E-state index contributed by atoms with van der Waals surface area (Å²) in [7, 11) is 0. The third kappa shape index (κ3) is 3.07. The minimum absolute atomic E-state index is 0.275. The van der Waals surface area contributed by atoms with Crippen molar-refractivity contribution in [2.45, 2.75) is 25.8 Å². The summed E-state index contributed by atoms with van der Waals surface area (Å²) in [6.07, 6.45) is 3.35. The van der Waals surface area contributed by atoms with E-state index in [2.05, 4.69) is 38.3 Å². The van der Waals surface area contributed by atoms with Crippen molar-refractivity contribution < 1.29 is 0 Å². The third-order valence-corrected chi connectivity index (χ3v) is 4.57. The van der Waals surface area contributed by atoms with E-state index in [1.54, 1.807) is 17.5 Å². The van der Waals surface area contributed by atoms with Gasteiger partial charge < -0.3 is 4.57 Å². The van der Waals surface area contributed by atoms with Crippen molar-refractivity contribution in [2.24, 2.45) is 0 Å². The summed E-state index contributed by atoms with van der Waals surface area (Å²) in [6, 6.07) is 4.29. The van der Waals surface area contributed by atoms with Gasteiger partial charge >= 0.3 is 0 Å². The molecule has 110 valence electrons. The molecule has 3 rings (SSSR count).